The van der Waals surface area contributed by atoms with Crippen LogP contribution in [0.25, 0.3) is 5.57 Å². The molecule has 1 aromatic rings. The minimum atomic E-state index is -0.244. The molecule has 0 bridgehead atoms. The summed E-state index contributed by atoms with van der Waals surface area (Å²) in [5.74, 6) is -0.244. The van der Waals surface area contributed by atoms with Crippen molar-refractivity contribution in [2.75, 3.05) is 0 Å². The van der Waals surface area contributed by atoms with E-state index in [2.05, 4.69) is 33.8 Å². The van der Waals surface area contributed by atoms with Crippen molar-refractivity contribution in [2.45, 2.75) is 27.2 Å². The number of benzene rings is 1. The monoisotopic (exact) mass is 315 g/mol. The van der Waals surface area contributed by atoms with Crippen LogP contribution >= 0.6 is 9.24 Å². The molecule has 0 saturated carbocycles. The standard InChI is InChI=1S/C19H23FNP/c1-5-7-11-16(10-6-2)19(21-15(4)22)14(3)17-12-8-9-13-18(17)20/h6-13H,2,5,22H2,1,3-4H3/b11-7-,16-10+,19-14+,21-15?. The Labute approximate surface area is 135 Å². The lowest BCUT2D eigenvalue weighted by atomic mass is 10.00. The number of hydrogen-bond donors (Lipinski definition) is 0. The highest BCUT2D eigenvalue weighted by molar-refractivity contribution is 7.40. The summed E-state index contributed by atoms with van der Waals surface area (Å²) >= 11 is 0. The fourth-order valence-corrected chi connectivity index (χ4v) is 2.15. The Balaban J connectivity index is 3.57. The molecule has 1 rings (SSSR count). The Morgan fingerprint density at radius 1 is 1.32 bits per heavy atom. The van der Waals surface area contributed by atoms with E-state index >= 15 is 0 Å². The number of rotatable bonds is 6. The molecule has 0 spiro atoms. The Hall–Kier alpha value is -1.79. The minimum Gasteiger partial charge on any atom is -0.253 e. The first kappa shape index (κ1) is 18.3. The second kappa shape index (κ2) is 9.27. The van der Waals surface area contributed by atoms with Crippen LogP contribution < -0.4 is 0 Å². The Morgan fingerprint density at radius 3 is 2.55 bits per heavy atom. The molecule has 0 heterocycles. The van der Waals surface area contributed by atoms with E-state index < -0.39 is 0 Å². The maximum absolute atomic E-state index is 14.1. The highest BCUT2D eigenvalue weighted by atomic mass is 31.0. The van der Waals surface area contributed by atoms with Gasteiger partial charge in [0.05, 0.1) is 5.70 Å². The lowest BCUT2D eigenvalue weighted by Crippen LogP contribution is -1.95. The number of nitrogens with zero attached hydrogens (tertiary/aromatic N) is 1. The predicted molar refractivity (Wildman–Crippen MR) is 99.5 cm³/mol. The maximum Gasteiger partial charge on any atom is 0.130 e. The number of allylic oxidation sites excluding steroid dienone is 5. The van der Waals surface area contributed by atoms with Crippen molar-refractivity contribution in [3.05, 3.63) is 77.8 Å². The molecule has 0 amide bonds. The quantitative estimate of drug-likeness (QED) is 0.350. The molecule has 0 saturated heterocycles. The first-order valence-electron chi connectivity index (χ1n) is 7.27. The third-order valence-electron chi connectivity index (χ3n) is 3.03. The summed E-state index contributed by atoms with van der Waals surface area (Å²) < 4.78 is 14.1. The van der Waals surface area contributed by atoms with Crippen LogP contribution in [0.1, 0.15) is 32.8 Å². The van der Waals surface area contributed by atoms with Crippen LogP contribution in [0.15, 0.2) is 71.4 Å². The van der Waals surface area contributed by atoms with E-state index in [1.165, 1.54) is 6.07 Å². The van der Waals surface area contributed by atoms with E-state index in [0.29, 0.717) is 5.56 Å². The molecule has 0 aliphatic heterocycles. The van der Waals surface area contributed by atoms with E-state index in [9.17, 15) is 4.39 Å². The summed E-state index contributed by atoms with van der Waals surface area (Å²) in [6, 6.07) is 6.75. The van der Waals surface area contributed by atoms with Gasteiger partial charge in [-0.2, -0.15) is 0 Å². The number of aliphatic imine (C=N–C) groups is 1. The zero-order chi connectivity index (χ0) is 16.5. The minimum absolute atomic E-state index is 0.244. The molecule has 1 aromatic carbocycles. The van der Waals surface area contributed by atoms with Gasteiger partial charge in [-0.25, -0.2) is 4.39 Å². The lowest BCUT2D eigenvalue weighted by molar-refractivity contribution is 0.624. The molecule has 0 aliphatic rings. The topological polar surface area (TPSA) is 12.4 Å². The molecular formula is C19H23FNP. The van der Waals surface area contributed by atoms with Crippen molar-refractivity contribution < 1.29 is 4.39 Å². The number of hydrogen-bond acceptors (Lipinski definition) is 1. The molecule has 116 valence electrons. The van der Waals surface area contributed by atoms with Gasteiger partial charge in [-0.05, 0) is 31.9 Å². The van der Waals surface area contributed by atoms with Gasteiger partial charge in [0.2, 0.25) is 0 Å². The molecule has 1 nitrogen and oxygen atoms in total. The molecule has 0 aromatic heterocycles. The molecule has 1 unspecified atom stereocenters. The zero-order valence-electron chi connectivity index (χ0n) is 13.4. The SMILES string of the molecule is C=C/C=C(\C=C/CC)C(/N=C(C)P)=C(/C)c1ccccc1F. The van der Waals surface area contributed by atoms with E-state index in [-0.39, 0.29) is 5.82 Å². The van der Waals surface area contributed by atoms with E-state index in [1.807, 2.05) is 32.1 Å². The summed E-state index contributed by atoms with van der Waals surface area (Å²) in [6.07, 6.45) is 8.58. The lowest BCUT2D eigenvalue weighted by Gasteiger charge is -2.11. The van der Waals surface area contributed by atoms with Crippen molar-refractivity contribution in [1.82, 2.24) is 0 Å². The van der Waals surface area contributed by atoms with Gasteiger partial charge in [-0.15, -0.1) is 0 Å². The van der Waals surface area contributed by atoms with Gasteiger partial charge in [-0.3, -0.25) is 4.99 Å². The molecule has 0 N–H and O–H groups in total. The van der Waals surface area contributed by atoms with Crippen LogP contribution in [0.3, 0.4) is 0 Å². The van der Waals surface area contributed by atoms with Crippen LogP contribution in [0.5, 0.6) is 0 Å². The summed E-state index contributed by atoms with van der Waals surface area (Å²) in [5, 5.41) is 0. The van der Waals surface area contributed by atoms with Gasteiger partial charge in [0, 0.05) is 16.6 Å². The van der Waals surface area contributed by atoms with Crippen LogP contribution in [-0.2, 0) is 0 Å². The molecule has 1 atom stereocenters. The van der Waals surface area contributed by atoms with Crippen LogP contribution in [-0.4, -0.2) is 5.45 Å². The first-order valence-corrected chi connectivity index (χ1v) is 7.85. The van der Waals surface area contributed by atoms with E-state index in [4.69, 9.17) is 0 Å². The van der Waals surface area contributed by atoms with Crippen molar-refractivity contribution in [3.63, 3.8) is 0 Å². The summed E-state index contributed by atoms with van der Waals surface area (Å²) in [5.41, 5.74) is 3.87. The van der Waals surface area contributed by atoms with Crippen molar-refractivity contribution >= 4 is 20.3 Å². The van der Waals surface area contributed by atoms with Gasteiger partial charge in [0.15, 0.2) is 0 Å². The van der Waals surface area contributed by atoms with E-state index in [1.54, 1.807) is 18.2 Å². The summed E-state index contributed by atoms with van der Waals surface area (Å²) in [4.78, 5) is 4.59. The third-order valence-corrected chi connectivity index (χ3v) is 3.15. The van der Waals surface area contributed by atoms with Crippen LogP contribution in [0.4, 0.5) is 4.39 Å². The van der Waals surface area contributed by atoms with Crippen molar-refractivity contribution in [3.8, 4) is 0 Å². The zero-order valence-corrected chi connectivity index (χ0v) is 14.6. The first-order chi connectivity index (χ1) is 10.5. The Morgan fingerprint density at radius 2 is 2.00 bits per heavy atom. The predicted octanol–water partition coefficient (Wildman–Crippen LogP) is 5.93. The van der Waals surface area contributed by atoms with Gasteiger partial charge in [0.25, 0.3) is 0 Å². The van der Waals surface area contributed by atoms with Crippen LogP contribution in [0, 0.1) is 5.82 Å². The largest absolute Gasteiger partial charge is 0.253 e. The average molecular weight is 315 g/mol. The Kier molecular flexibility index (Phi) is 7.70. The fraction of sp³-hybridized carbons (Fsp3) is 0.211. The summed E-state index contributed by atoms with van der Waals surface area (Å²) in [6.45, 7) is 9.62. The molecular weight excluding hydrogens is 292 g/mol. The average Bonchev–Trinajstić information content (AvgIpc) is 2.49. The number of halogens is 1. The van der Waals surface area contributed by atoms with Gasteiger partial charge < -0.3 is 0 Å². The second-order valence-electron chi connectivity index (χ2n) is 4.87. The Bertz CT molecular complexity index is 647. The highest BCUT2D eigenvalue weighted by Crippen LogP contribution is 2.28. The molecule has 0 aliphatic carbocycles. The van der Waals surface area contributed by atoms with Crippen molar-refractivity contribution in [2.24, 2.45) is 4.99 Å². The normalized spacial score (nSPS) is 14.2. The smallest absolute Gasteiger partial charge is 0.130 e. The fourth-order valence-electron chi connectivity index (χ4n) is 2.02. The van der Waals surface area contributed by atoms with Crippen molar-refractivity contribution in [1.29, 1.82) is 0 Å². The molecule has 0 radical (unpaired) electrons. The highest BCUT2D eigenvalue weighted by Gasteiger charge is 2.11. The van der Waals surface area contributed by atoms with Gasteiger partial charge in [0.1, 0.15) is 5.82 Å². The third kappa shape index (κ3) is 5.20. The molecule has 22 heavy (non-hydrogen) atoms. The molecule has 3 heteroatoms. The van der Waals surface area contributed by atoms with E-state index in [0.717, 1.165) is 28.7 Å². The molecule has 0 fully saturated rings. The second-order valence-corrected chi connectivity index (χ2v) is 5.71. The maximum atomic E-state index is 14.1. The van der Waals surface area contributed by atoms with Gasteiger partial charge >= 0.3 is 0 Å². The van der Waals surface area contributed by atoms with Crippen LogP contribution in [0.2, 0.25) is 0 Å². The summed E-state index contributed by atoms with van der Waals surface area (Å²) in [7, 11) is 2.57. The van der Waals surface area contributed by atoms with Gasteiger partial charge in [-0.1, -0.05) is 65.2 Å².